The maximum atomic E-state index is 13.2. The van der Waals surface area contributed by atoms with Gasteiger partial charge in [-0.05, 0) is 47.9 Å². The predicted octanol–water partition coefficient (Wildman–Crippen LogP) is 3.58. The Morgan fingerprint density at radius 3 is 2.00 bits per heavy atom. The second-order valence-corrected chi connectivity index (χ2v) is 6.52. The van der Waals surface area contributed by atoms with Crippen molar-refractivity contribution < 1.29 is 37.0 Å². The summed E-state index contributed by atoms with van der Waals surface area (Å²) in [5, 5.41) is 0. The van der Waals surface area contributed by atoms with Crippen LogP contribution in [0.4, 0.5) is 18.9 Å². The number of hydrogen-bond acceptors (Lipinski definition) is 6. The van der Waals surface area contributed by atoms with Crippen LogP contribution in [0.3, 0.4) is 0 Å². The summed E-state index contributed by atoms with van der Waals surface area (Å²) < 4.78 is 54.1. The highest BCUT2D eigenvalue weighted by Gasteiger charge is 2.39. The highest BCUT2D eigenvalue weighted by atomic mass is 19.4. The Kier molecular flexibility index (Phi) is 7.31. The van der Waals surface area contributed by atoms with Crippen molar-refractivity contribution in [1.29, 1.82) is 0 Å². The van der Waals surface area contributed by atoms with Crippen molar-refractivity contribution in [2.24, 2.45) is 5.92 Å². The number of carbonyl (C=O) groups is 2. The summed E-state index contributed by atoms with van der Waals surface area (Å²) in [4.78, 5) is 24.8. The molecule has 0 heterocycles. The second kappa shape index (κ2) is 9.51. The number of rotatable bonds is 7. The fourth-order valence-electron chi connectivity index (χ4n) is 3.15. The van der Waals surface area contributed by atoms with E-state index >= 15 is 0 Å². The van der Waals surface area contributed by atoms with Gasteiger partial charge in [-0.15, -0.1) is 0 Å². The molecule has 0 radical (unpaired) electrons. The molecule has 0 aliphatic carbocycles. The smallest absolute Gasteiger partial charge is 0.416 e. The van der Waals surface area contributed by atoms with Gasteiger partial charge in [-0.3, -0.25) is 9.59 Å². The van der Waals surface area contributed by atoms with E-state index < -0.39 is 35.5 Å². The molecule has 0 amide bonds. The van der Waals surface area contributed by atoms with Gasteiger partial charge in [-0.1, -0.05) is 12.1 Å². The molecule has 2 aromatic rings. The van der Waals surface area contributed by atoms with E-state index in [1.54, 1.807) is 24.3 Å². The highest BCUT2D eigenvalue weighted by molar-refractivity contribution is 5.96. The summed E-state index contributed by atoms with van der Waals surface area (Å²) in [6.45, 7) is 0. The Bertz CT molecular complexity index is 881. The Morgan fingerprint density at radius 1 is 0.967 bits per heavy atom. The summed E-state index contributed by atoms with van der Waals surface area (Å²) in [7, 11) is 3.70. The lowest BCUT2D eigenvalue weighted by Gasteiger charge is -2.25. The lowest BCUT2D eigenvalue weighted by Crippen LogP contribution is -2.33. The summed E-state index contributed by atoms with van der Waals surface area (Å²) in [5.74, 6) is -3.49. The molecule has 6 nitrogen and oxygen atoms in total. The quantitative estimate of drug-likeness (QED) is 0.415. The first-order chi connectivity index (χ1) is 14.1. The molecule has 2 aromatic carbocycles. The number of anilines is 1. The Labute approximate surface area is 171 Å². The molecule has 162 valence electrons. The first kappa shape index (κ1) is 23.1. The molecule has 0 aliphatic rings. The monoisotopic (exact) mass is 425 g/mol. The third kappa shape index (κ3) is 5.22. The van der Waals surface area contributed by atoms with Crippen molar-refractivity contribution in [3.8, 4) is 5.75 Å². The zero-order valence-corrected chi connectivity index (χ0v) is 16.7. The largest absolute Gasteiger partial charge is 0.497 e. The van der Waals surface area contributed by atoms with Crippen LogP contribution in [0.15, 0.2) is 42.5 Å². The number of alkyl halides is 3. The summed E-state index contributed by atoms with van der Waals surface area (Å²) >= 11 is 0. The van der Waals surface area contributed by atoms with Crippen molar-refractivity contribution in [1.82, 2.24) is 0 Å². The molecule has 1 unspecified atom stereocenters. The number of methoxy groups -OCH3 is 3. The molecule has 0 aromatic heterocycles. The Balaban J connectivity index is 2.58. The van der Waals surface area contributed by atoms with Crippen molar-refractivity contribution in [2.75, 3.05) is 27.1 Å². The van der Waals surface area contributed by atoms with E-state index in [9.17, 15) is 22.8 Å². The second-order valence-electron chi connectivity index (χ2n) is 6.52. The Morgan fingerprint density at radius 2 is 1.53 bits per heavy atom. The van der Waals surface area contributed by atoms with Gasteiger partial charge in [0.2, 0.25) is 0 Å². The van der Waals surface area contributed by atoms with Crippen molar-refractivity contribution >= 4 is 17.6 Å². The maximum absolute atomic E-state index is 13.2. The number of benzene rings is 2. The molecule has 2 rings (SSSR count). The first-order valence-corrected chi connectivity index (χ1v) is 8.87. The predicted molar refractivity (Wildman–Crippen MR) is 103 cm³/mol. The van der Waals surface area contributed by atoms with Crippen LogP contribution in [0.2, 0.25) is 0 Å². The van der Waals surface area contributed by atoms with Crippen LogP contribution in [0, 0.1) is 5.92 Å². The van der Waals surface area contributed by atoms with Crippen molar-refractivity contribution in [3.63, 3.8) is 0 Å². The molecule has 2 N–H and O–H groups in total. The highest BCUT2D eigenvalue weighted by Crippen LogP contribution is 2.36. The van der Waals surface area contributed by atoms with Gasteiger partial charge in [0.1, 0.15) is 5.75 Å². The SMILES string of the molecule is COC(=O)C(C(=O)OC)C(Cc1cc(C(F)(F)F)ccc1N)c1ccc(OC)cc1. The molecule has 0 bridgehead atoms. The molecule has 30 heavy (non-hydrogen) atoms. The van der Waals surface area contributed by atoms with Gasteiger partial charge in [0, 0.05) is 11.6 Å². The Hall–Kier alpha value is -3.23. The van der Waals surface area contributed by atoms with Crippen molar-refractivity contribution in [2.45, 2.75) is 18.5 Å². The van der Waals surface area contributed by atoms with E-state index in [0.717, 1.165) is 32.4 Å². The van der Waals surface area contributed by atoms with E-state index in [1.807, 2.05) is 0 Å². The molecule has 0 aliphatic heterocycles. The van der Waals surface area contributed by atoms with Crippen LogP contribution in [-0.4, -0.2) is 33.3 Å². The molecule has 1 atom stereocenters. The summed E-state index contributed by atoms with van der Waals surface area (Å²) in [6, 6.07) is 9.40. The van der Waals surface area contributed by atoms with Crippen LogP contribution < -0.4 is 10.5 Å². The summed E-state index contributed by atoms with van der Waals surface area (Å²) in [5.41, 5.74) is 5.78. The minimum atomic E-state index is -4.57. The van der Waals surface area contributed by atoms with E-state index in [-0.39, 0.29) is 17.7 Å². The number of nitrogens with two attached hydrogens (primary N) is 1. The fraction of sp³-hybridized carbons (Fsp3) is 0.333. The summed E-state index contributed by atoms with van der Waals surface area (Å²) in [6.07, 6.45) is -4.70. The van der Waals surface area contributed by atoms with Gasteiger partial charge < -0.3 is 19.9 Å². The number of ether oxygens (including phenoxy) is 3. The standard InChI is InChI=1S/C21H22F3NO5/c1-28-15-7-4-12(5-8-15)16(18(19(26)29-2)20(27)30-3)11-13-10-14(21(22,23)24)6-9-17(13)25/h4-10,16,18H,11,25H2,1-3H3. The van der Waals surface area contributed by atoms with E-state index in [4.69, 9.17) is 19.9 Å². The molecule has 9 heteroatoms. The third-order valence-corrected chi connectivity index (χ3v) is 4.77. The zero-order valence-electron chi connectivity index (χ0n) is 16.7. The van der Waals surface area contributed by atoms with E-state index in [0.29, 0.717) is 11.3 Å². The minimum Gasteiger partial charge on any atom is -0.497 e. The minimum absolute atomic E-state index is 0.106. The van der Waals surface area contributed by atoms with Crippen LogP contribution >= 0.6 is 0 Å². The van der Waals surface area contributed by atoms with Gasteiger partial charge in [-0.2, -0.15) is 13.2 Å². The number of hydrogen-bond donors (Lipinski definition) is 1. The van der Waals surface area contributed by atoms with Crippen LogP contribution in [0.5, 0.6) is 5.75 Å². The number of halogens is 3. The van der Waals surface area contributed by atoms with Gasteiger partial charge in [0.25, 0.3) is 0 Å². The van der Waals surface area contributed by atoms with Crippen LogP contribution in [-0.2, 0) is 31.7 Å². The lowest BCUT2D eigenvalue weighted by molar-refractivity contribution is -0.160. The fourth-order valence-corrected chi connectivity index (χ4v) is 3.15. The van der Waals surface area contributed by atoms with E-state index in [1.165, 1.54) is 7.11 Å². The van der Waals surface area contributed by atoms with Gasteiger partial charge in [-0.25, -0.2) is 0 Å². The number of nitrogen functional groups attached to an aromatic ring is 1. The van der Waals surface area contributed by atoms with Gasteiger partial charge in [0.05, 0.1) is 26.9 Å². The molecule has 0 spiro atoms. The van der Waals surface area contributed by atoms with Crippen molar-refractivity contribution in [3.05, 3.63) is 59.2 Å². The average molecular weight is 425 g/mol. The van der Waals surface area contributed by atoms with E-state index in [2.05, 4.69) is 0 Å². The average Bonchev–Trinajstić information content (AvgIpc) is 2.73. The van der Waals surface area contributed by atoms with Crippen LogP contribution in [0.25, 0.3) is 0 Å². The zero-order chi connectivity index (χ0) is 22.5. The molecular weight excluding hydrogens is 403 g/mol. The molecule has 0 saturated heterocycles. The number of carbonyl (C=O) groups excluding carboxylic acids is 2. The maximum Gasteiger partial charge on any atom is 0.416 e. The normalized spacial score (nSPS) is 12.4. The van der Waals surface area contributed by atoms with Crippen LogP contribution in [0.1, 0.15) is 22.6 Å². The van der Waals surface area contributed by atoms with Gasteiger partial charge in [0.15, 0.2) is 5.92 Å². The topological polar surface area (TPSA) is 87.9 Å². The van der Waals surface area contributed by atoms with Gasteiger partial charge >= 0.3 is 18.1 Å². The number of esters is 2. The molecule has 0 fully saturated rings. The third-order valence-electron chi connectivity index (χ3n) is 4.77. The molecule has 0 saturated carbocycles. The lowest BCUT2D eigenvalue weighted by atomic mass is 9.80. The first-order valence-electron chi connectivity index (χ1n) is 8.87. The molecular formula is C21H22F3NO5.